The van der Waals surface area contributed by atoms with E-state index < -0.39 is 0 Å². The van der Waals surface area contributed by atoms with Crippen molar-refractivity contribution >= 4 is 29.1 Å². The molecule has 0 saturated carbocycles. The first-order chi connectivity index (χ1) is 15.5. The number of aryl methyl sites for hydroxylation is 1. The summed E-state index contributed by atoms with van der Waals surface area (Å²) in [4.78, 5) is 38.0. The first-order valence-corrected chi connectivity index (χ1v) is 11.1. The molecule has 2 aliphatic heterocycles. The summed E-state index contributed by atoms with van der Waals surface area (Å²) in [6.07, 6.45) is 2.59. The lowest BCUT2D eigenvalue weighted by Gasteiger charge is -2.18. The zero-order valence-corrected chi connectivity index (χ0v) is 18.6. The molecule has 1 aromatic carbocycles. The van der Waals surface area contributed by atoms with E-state index in [0.29, 0.717) is 25.4 Å². The summed E-state index contributed by atoms with van der Waals surface area (Å²) in [7, 11) is 1.59. The number of hydrogen-bond donors (Lipinski definition) is 2. The third-order valence-corrected chi connectivity index (χ3v) is 5.85. The molecule has 2 aliphatic rings. The van der Waals surface area contributed by atoms with Crippen molar-refractivity contribution in [3.63, 3.8) is 0 Å². The monoisotopic (exact) mass is 438 g/mol. The van der Waals surface area contributed by atoms with Crippen molar-refractivity contribution in [2.45, 2.75) is 26.2 Å². The van der Waals surface area contributed by atoms with Gasteiger partial charge in [-0.15, -0.1) is 0 Å². The third-order valence-electron chi connectivity index (χ3n) is 5.85. The number of anilines is 3. The summed E-state index contributed by atoms with van der Waals surface area (Å²) in [5, 5.41) is 6.20. The molecule has 0 bridgehead atoms. The molecule has 9 heteroatoms. The molecule has 2 aromatic rings. The average Bonchev–Trinajstić information content (AvgIpc) is 3.46. The van der Waals surface area contributed by atoms with Gasteiger partial charge in [0.1, 0.15) is 23.2 Å². The van der Waals surface area contributed by atoms with Gasteiger partial charge in [-0.05, 0) is 31.9 Å². The Bertz CT molecular complexity index is 976. The van der Waals surface area contributed by atoms with Crippen molar-refractivity contribution < 1.29 is 14.3 Å². The Labute approximate surface area is 188 Å². The molecule has 2 fully saturated rings. The summed E-state index contributed by atoms with van der Waals surface area (Å²) in [6.45, 7) is 5.30. The summed E-state index contributed by atoms with van der Waals surface area (Å²) in [6, 6.07) is 9.29. The standard InChI is InChI=1S/C23H30N6O3/c1-16-26-20(14-21(27-16)28-10-3-4-11-28)24-8-9-25-23(31)17-12-22(30)29(15-17)18-6-5-7-19(13-18)32-2/h5-7,13-14,17H,3-4,8-12,15H2,1-2H3,(H,25,31)(H,24,26,27). The third kappa shape index (κ3) is 5.09. The molecule has 2 amide bonds. The number of amides is 2. The van der Waals surface area contributed by atoms with E-state index >= 15 is 0 Å². The van der Waals surface area contributed by atoms with E-state index in [2.05, 4.69) is 25.5 Å². The Hall–Kier alpha value is -3.36. The van der Waals surface area contributed by atoms with Crippen LogP contribution in [0.3, 0.4) is 0 Å². The van der Waals surface area contributed by atoms with Crippen LogP contribution in [-0.4, -0.2) is 61.6 Å². The molecule has 170 valence electrons. The molecule has 0 radical (unpaired) electrons. The molecular weight excluding hydrogens is 408 g/mol. The van der Waals surface area contributed by atoms with Gasteiger partial charge in [0.05, 0.1) is 13.0 Å². The molecule has 1 aromatic heterocycles. The van der Waals surface area contributed by atoms with Crippen LogP contribution >= 0.6 is 0 Å². The number of benzene rings is 1. The van der Waals surface area contributed by atoms with Crippen LogP contribution in [0.4, 0.5) is 17.3 Å². The van der Waals surface area contributed by atoms with Crippen LogP contribution in [0.1, 0.15) is 25.1 Å². The van der Waals surface area contributed by atoms with E-state index in [1.807, 2.05) is 37.3 Å². The maximum Gasteiger partial charge on any atom is 0.227 e. The second-order valence-electron chi connectivity index (χ2n) is 8.18. The Morgan fingerprint density at radius 1 is 1.19 bits per heavy atom. The minimum absolute atomic E-state index is 0.0533. The number of ether oxygens (including phenoxy) is 1. The van der Waals surface area contributed by atoms with Gasteiger partial charge in [-0.2, -0.15) is 0 Å². The molecular formula is C23H30N6O3. The molecule has 3 heterocycles. The Morgan fingerprint density at radius 2 is 2.00 bits per heavy atom. The van der Waals surface area contributed by atoms with Gasteiger partial charge in [-0.3, -0.25) is 9.59 Å². The van der Waals surface area contributed by atoms with Crippen LogP contribution in [0.2, 0.25) is 0 Å². The molecule has 0 spiro atoms. The van der Waals surface area contributed by atoms with Crippen molar-refractivity contribution in [2.75, 3.05) is 55.0 Å². The topological polar surface area (TPSA) is 99.7 Å². The van der Waals surface area contributed by atoms with E-state index in [1.54, 1.807) is 12.0 Å². The van der Waals surface area contributed by atoms with Gasteiger partial charge >= 0.3 is 0 Å². The molecule has 1 unspecified atom stereocenters. The van der Waals surface area contributed by atoms with Gasteiger partial charge in [0.2, 0.25) is 11.8 Å². The number of nitrogens with zero attached hydrogens (tertiary/aromatic N) is 4. The Balaban J connectivity index is 1.26. The fraction of sp³-hybridized carbons (Fsp3) is 0.478. The lowest BCUT2D eigenvalue weighted by molar-refractivity contribution is -0.126. The largest absolute Gasteiger partial charge is 0.497 e. The van der Waals surface area contributed by atoms with Crippen LogP contribution in [0, 0.1) is 12.8 Å². The summed E-state index contributed by atoms with van der Waals surface area (Å²) < 4.78 is 5.23. The van der Waals surface area contributed by atoms with Crippen molar-refractivity contribution in [1.29, 1.82) is 0 Å². The normalized spacial score (nSPS) is 18.2. The van der Waals surface area contributed by atoms with Gasteiger partial charge in [0.25, 0.3) is 0 Å². The predicted octanol–water partition coefficient (Wildman–Crippen LogP) is 1.98. The first kappa shape index (κ1) is 21.9. The van der Waals surface area contributed by atoms with Crippen molar-refractivity contribution in [1.82, 2.24) is 15.3 Å². The van der Waals surface area contributed by atoms with E-state index in [4.69, 9.17) is 4.74 Å². The summed E-state index contributed by atoms with van der Waals surface area (Å²) in [5.74, 6) is 2.59. The number of carbonyl (C=O) groups is 2. The van der Waals surface area contributed by atoms with Gasteiger partial charge < -0.3 is 25.2 Å². The van der Waals surface area contributed by atoms with Gasteiger partial charge in [-0.25, -0.2) is 9.97 Å². The molecule has 32 heavy (non-hydrogen) atoms. The Morgan fingerprint density at radius 3 is 2.78 bits per heavy atom. The van der Waals surface area contributed by atoms with Gasteiger partial charge in [0, 0.05) is 57.0 Å². The lowest BCUT2D eigenvalue weighted by atomic mass is 10.1. The lowest BCUT2D eigenvalue weighted by Crippen LogP contribution is -2.35. The van der Waals surface area contributed by atoms with E-state index in [1.165, 1.54) is 12.8 Å². The molecule has 0 aliphatic carbocycles. The van der Waals surface area contributed by atoms with Crippen LogP contribution in [0.25, 0.3) is 0 Å². The smallest absolute Gasteiger partial charge is 0.227 e. The highest BCUT2D eigenvalue weighted by Gasteiger charge is 2.35. The van der Waals surface area contributed by atoms with Crippen molar-refractivity contribution in [2.24, 2.45) is 5.92 Å². The minimum Gasteiger partial charge on any atom is -0.497 e. The number of nitrogens with one attached hydrogen (secondary N) is 2. The predicted molar refractivity (Wildman–Crippen MR) is 123 cm³/mol. The number of aromatic nitrogens is 2. The minimum atomic E-state index is -0.364. The van der Waals surface area contributed by atoms with E-state index in [0.717, 1.165) is 36.2 Å². The summed E-state index contributed by atoms with van der Waals surface area (Å²) in [5.41, 5.74) is 0.749. The molecule has 2 N–H and O–H groups in total. The fourth-order valence-corrected chi connectivity index (χ4v) is 4.18. The number of hydrogen-bond acceptors (Lipinski definition) is 7. The zero-order chi connectivity index (χ0) is 22.5. The van der Waals surface area contributed by atoms with Crippen molar-refractivity contribution in [3.8, 4) is 5.75 Å². The molecule has 2 saturated heterocycles. The van der Waals surface area contributed by atoms with Crippen LogP contribution in [0.15, 0.2) is 30.3 Å². The van der Waals surface area contributed by atoms with Gasteiger partial charge in [-0.1, -0.05) is 6.07 Å². The Kier molecular flexibility index (Phi) is 6.72. The second kappa shape index (κ2) is 9.84. The maximum atomic E-state index is 12.6. The number of carbonyl (C=O) groups excluding carboxylic acids is 2. The highest BCUT2D eigenvalue weighted by molar-refractivity contribution is 6.00. The van der Waals surface area contributed by atoms with Crippen molar-refractivity contribution in [3.05, 3.63) is 36.2 Å². The number of methoxy groups -OCH3 is 1. The highest BCUT2D eigenvalue weighted by Crippen LogP contribution is 2.28. The maximum absolute atomic E-state index is 12.6. The second-order valence-corrected chi connectivity index (χ2v) is 8.18. The number of rotatable bonds is 8. The van der Waals surface area contributed by atoms with Crippen LogP contribution in [0.5, 0.6) is 5.75 Å². The zero-order valence-electron chi connectivity index (χ0n) is 18.6. The van der Waals surface area contributed by atoms with E-state index in [-0.39, 0.29) is 24.2 Å². The summed E-state index contributed by atoms with van der Waals surface area (Å²) >= 11 is 0. The fourth-order valence-electron chi connectivity index (χ4n) is 4.18. The quantitative estimate of drug-likeness (QED) is 0.608. The SMILES string of the molecule is COc1cccc(N2CC(C(=O)NCCNc3cc(N4CCCC4)nc(C)n3)CC2=O)c1. The highest BCUT2D eigenvalue weighted by atomic mass is 16.5. The molecule has 1 atom stereocenters. The van der Waals surface area contributed by atoms with Gasteiger partial charge in [0.15, 0.2) is 0 Å². The average molecular weight is 439 g/mol. The first-order valence-electron chi connectivity index (χ1n) is 11.1. The molecule has 9 nitrogen and oxygen atoms in total. The van der Waals surface area contributed by atoms with E-state index in [9.17, 15) is 9.59 Å². The molecule has 4 rings (SSSR count). The van der Waals surface area contributed by atoms with Crippen LogP contribution in [-0.2, 0) is 9.59 Å². The van der Waals surface area contributed by atoms with Crippen LogP contribution < -0.4 is 25.2 Å².